The minimum Gasteiger partial charge on any atom is -0.466 e. The van der Waals surface area contributed by atoms with Gasteiger partial charge in [0.05, 0.1) is 25.4 Å². The maximum atomic E-state index is 12.6. The number of carbonyl (C=O) groups is 2. The molecule has 0 spiro atoms. The van der Waals surface area contributed by atoms with Crippen LogP contribution in [-0.4, -0.2) is 47.4 Å². The third-order valence-electron chi connectivity index (χ3n) is 18.8. The summed E-state index contributed by atoms with van der Waals surface area (Å²) in [5, 5.41) is 23.5. The number of carbonyl (C=O) groups excluding carboxylic acids is 2. The number of aliphatic hydroxyl groups is 2. The van der Waals surface area contributed by atoms with Crippen LogP contribution in [0.2, 0.25) is 0 Å². The Morgan fingerprint density at radius 2 is 0.581 bits per heavy atom. The number of ether oxygens (including phenoxy) is 1. The maximum absolute atomic E-state index is 12.6. The molecule has 0 heterocycles. The number of amides is 1. The molecule has 0 aromatic rings. The predicted octanol–water partition coefficient (Wildman–Crippen LogP) is 26.0. The van der Waals surface area contributed by atoms with Crippen molar-refractivity contribution in [1.82, 2.24) is 5.32 Å². The highest BCUT2D eigenvalue weighted by Crippen LogP contribution is 2.20. The summed E-state index contributed by atoms with van der Waals surface area (Å²) in [4.78, 5) is 24.7. The third kappa shape index (κ3) is 71.4. The zero-order chi connectivity index (χ0) is 62.0. The number of aliphatic hydroxyl groups excluding tert-OH is 2. The smallest absolute Gasteiger partial charge is 0.305 e. The quantitative estimate of drug-likeness (QED) is 0.0320. The van der Waals surface area contributed by atoms with Gasteiger partial charge in [-0.3, -0.25) is 9.59 Å². The Balaban J connectivity index is 3.34. The average Bonchev–Trinajstić information content (AvgIpc) is 3.53. The summed E-state index contributed by atoms with van der Waals surface area (Å²) in [6.45, 7) is 4.98. The van der Waals surface area contributed by atoms with Crippen molar-refractivity contribution in [2.24, 2.45) is 0 Å². The Labute approximate surface area is 539 Å². The predicted molar refractivity (Wildman–Crippen MR) is 380 cm³/mol. The lowest BCUT2D eigenvalue weighted by Gasteiger charge is -2.22. The Morgan fingerprint density at radius 3 is 0.895 bits per heavy atom. The van der Waals surface area contributed by atoms with Gasteiger partial charge >= 0.3 is 5.97 Å². The van der Waals surface area contributed by atoms with Crippen LogP contribution in [0.4, 0.5) is 0 Å². The molecule has 0 aromatic carbocycles. The molecule has 0 aliphatic carbocycles. The molecule has 1 amide bonds. The number of rotatable bonds is 75. The molecular formula is C80H155NO5. The van der Waals surface area contributed by atoms with Crippen molar-refractivity contribution in [3.63, 3.8) is 0 Å². The zero-order valence-electron chi connectivity index (χ0n) is 58.6. The normalized spacial score (nSPS) is 12.6. The van der Waals surface area contributed by atoms with E-state index in [4.69, 9.17) is 4.74 Å². The minimum atomic E-state index is -0.663. The van der Waals surface area contributed by atoms with E-state index < -0.39 is 12.1 Å². The molecule has 0 fully saturated rings. The van der Waals surface area contributed by atoms with Gasteiger partial charge in [-0.25, -0.2) is 0 Å². The first-order valence-electron chi connectivity index (χ1n) is 39.6. The Hall–Kier alpha value is -1.66. The first-order valence-corrected chi connectivity index (χ1v) is 39.6. The molecule has 2 atom stereocenters. The van der Waals surface area contributed by atoms with Crippen LogP contribution in [0.5, 0.6) is 0 Å². The lowest BCUT2D eigenvalue weighted by atomic mass is 10.0. The second-order valence-corrected chi connectivity index (χ2v) is 27.4. The van der Waals surface area contributed by atoms with Crippen LogP contribution in [0.3, 0.4) is 0 Å². The van der Waals surface area contributed by atoms with Gasteiger partial charge in [0.2, 0.25) is 5.91 Å². The Morgan fingerprint density at radius 1 is 0.326 bits per heavy atom. The van der Waals surface area contributed by atoms with Crippen molar-refractivity contribution in [1.29, 1.82) is 0 Å². The SMILES string of the molecule is CCCCCC/C=C\C/C=C\CCCCCCCC(=O)OCCCCCCCCCCCCCCCCCCCCCCCCCCCCCCCC(=O)NC(CO)C(O)CCCCCCCCCCCCCCCCCCCCCCCCCC. The van der Waals surface area contributed by atoms with Gasteiger partial charge < -0.3 is 20.3 Å². The lowest BCUT2D eigenvalue weighted by molar-refractivity contribution is -0.143. The fourth-order valence-electron chi connectivity index (χ4n) is 12.7. The van der Waals surface area contributed by atoms with Gasteiger partial charge in [0.15, 0.2) is 0 Å². The van der Waals surface area contributed by atoms with Gasteiger partial charge in [-0.05, 0) is 57.8 Å². The van der Waals surface area contributed by atoms with Crippen LogP contribution in [0, 0.1) is 0 Å². The van der Waals surface area contributed by atoms with Crippen molar-refractivity contribution in [2.45, 2.75) is 463 Å². The topological polar surface area (TPSA) is 95.9 Å². The summed E-state index contributed by atoms with van der Waals surface area (Å²) < 4.78 is 5.50. The van der Waals surface area contributed by atoms with Crippen LogP contribution in [-0.2, 0) is 14.3 Å². The number of hydrogen-bond acceptors (Lipinski definition) is 5. The van der Waals surface area contributed by atoms with Crippen LogP contribution >= 0.6 is 0 Å². The average molecular weight is 1210 g/mol. The van der Waals surface area contributed by atoms with Crippen LogP contribution in [0.25, 0.3) is 0 Å². The summed E-state index contributed by atoms with van der Waals surface area (Å²) in [5.41, 5.74) is 0. The van der Waals surface area contributed by atoms with Crippen molar-refractivity contribution < 1.29 is 24.5 Å². The first kappa shape index (κ1) is 84.3. The van der Waals surface area contributed by atoms with Crippen molar-refractivity contribution >= 4 is 11.9 Å². The van der Waals surface area contributed by atoms with Gasteiger partial charge in [0, 0.05) is 12.8 Å². The Kier molecular flexibility index (Phi) is 74.3. The second kappa shape index (κ2) is 75.8. The molecule has 0 aromatic heterocycles. The van der Waals surface area contributed by atoms with E-state index in [2.05, 4.69) is 43.5 Å². The summed E-state index contributed by atoms with van der Waals surface area (Å²) in [6, 6.07) is -0.540. The lowest BCUT2D eigenvalue weighted by Crippen LogP contribution is -2.45. The summed E-state index contributed by atoms with van der Waals surface area (Å²) in [5.74, 6) is -0.0187. The molecule has 86 heavy (non-hydrogen) atoms. The van der Waals surface area contributed by atoms with Crippen LogP contribution in [0.15, 0.2) is 24.3 Å². The third-order valence-corrected chi connectivity index (χ3v) is 18.8. The molecular weight excluding hydrogens is 1050 g/mol. The maximum Gasteiger partial charge on any atom is 0.305 e. The Bertz CT molecular complexity index is 1350. The monoisotopic (exact) mass is 1210 g/mol. The molecule has 0 aliphatic heterocycles. The highest BCUT2D eigenvalue weighted by atomic mass is 16.5. The summed E-state index contributed by atoms with van der Waals surface area (Å²) in [6.07, 6.45) is 96.9. The van der Waals surface area contributed by atoms with E-state index in [1.807, 2.05) is 0 Å². The molecule has 0 aliphatic rings. The molecule has 6 nitrogen and oxygen atoms in total. The van der Waals surface area contributed by atoms with Gasteiger partial charge in [0.1, 0.15) is 0 Å². The van der Waals surface area contributed by atoms with E-state index in [9.17, 15) is 19.8 Å². The van der Waals surface area contributed by atoms with E-state index >= 15 is 0 Å². The molecule has 0 rings (SSSR count). The van der Waals surface area contributed by atoms with Crippen LogP contribution in [0.1, 0.15) is 450 Å². The molecule has 0 saturated heterocycles. The van der Waals surface area contributed by atoms with E-state index in [1.54, 1.807) is 0 Å². The molecule has 2 unspecified atom stereocenters. The summed E-state index contributed by atoms with van der Waals surface area (Å²) in [7, 11) is 0. The van der Waals surface area contributed by atoms with Crippen LogP contribution < -0.4 is 5.32 Å². The molecule has 0 bridgehead atoms. The number of esters is 1. The highest BCUT2D eigenvalue weighted by molar-refractivity contribution is 5.76. The molecule has 3 N–H and O–H groups in total. The molecule has 0 radical (unpaired) electrons. The highest BCUT2D eigenvalue weighted by Gasteiger charge is 2.20. The van der Waals surface area contributed by atoms with Gasteiger partial charge in [-0.15, -0.1) is 0 Å². The van der Waals surface area contributed by atoms with Gasteiger partial charge in [-0.2, -0.15) is 0 Å². The minimum absolute atomic E-state index is 0.00708. The van der Waals surface area contributed by atoms with E-state index in [1.165, 1.54) is 366 Å². The molecule has 510 valence electrons. The number of allylic oxidation sites excluding steroid dienone is 4. The van der Waals surface area contributed by atoms with Crippen molar-refractivity contribution in [3.05, 3.63) is 24.3 Å². The summed E-state index contributed by atoms with van der Waals surface area (Å²) >= 11 is 0. The van der Waals surface area contributed by atoms with E-state index in [0.717, 1.165) is 51.4 Å². The first-order chi connectivity index (χ1) is 42.5. The zero-order valence-corrected chi connectivity index (χ0v) is 58.6. The molecule has 6 heteroatoms. The van der Waals surface area contributed by atoms with E-state index in [-0.39, 0.29) is 18.5 Å². The van der Waals surface area contributed by atoms with Crippen molar-refractivity contribution in [3.8, 4) is 0 Å². The van der Waals surface area contributed by atoms with Gasteiger partial charge in [-0.1, -0.05) is 404 Å². The second-order valence-electron chi connectivity index (χ2n) is 27.4. The van der Waals surface area contributed by atoms with E-state index in [0.29, 0.717) is 25.9 Å². The number of unbranched alkanes of at least 4 members (excludes halogenated alkanes) is 60. The van der Waals surface area contributed by atoms with Crippen molar-refractivity contribution in [2.75, 3.05) is 13.2 Å². The number of hydrogen-bond donors (Lipinski definition) is 3. The number of nitrogens with one attached hydrogen (secondary N) is 1. The fraction of sp³-hybridized carbons (Fsp3) is 0.925. The fourth-order valence-corrected chi connectivity index (χ4v) is 12.7. The van der Waals surface area contributed by atoms with Gasteiger partial charge in [0.25, 0.3) is 0 Å². The molecule has 0 saturated carbocycles. The largest absolute Gasteiger partial charge is 0.466 e. The standard InChI is InChI=1S/C80H155NO5/c1-3-5-7-9-11-13-15-17-19-21-22-23-24-32-35-38-41-44-48-52-56-60-64-68-72-78(83)77(76-82)81-79(84)73-69-65-61-57-53-49-45-42-39-36-33-30-28-26-25-27-29-31-34-37-40-43-47-51-55-59-63-67-71-75-86-80(85)74-70-66-62-58-54-50-46-20-18-16-14-12-10-8-6-4-2/h14,16,20,46,77-78,82-83H,3-13,15,17-19,21-45,47-76H2,1-2H3,(H,81,84)/b16-14-,46-20-.